The fourth-order valence-electron chi connectivity index (χ4n) is 4.91. The minimum Gasteiger partial charge on any atom is -0.352 e. The molecule has 1 atom stereocenters. The fraction of sp³-hybridized carbons (Fsp3) is 0.500. The zero-order valence-electron chi connectivity index (χ0n) is 22.3. The Kier molecular flexibility index (Phi) is 10.9. The Labute approximate surface area is 236 Å². The maximum absolute atomic E-state index is 13.6. The van der Waals surface area contributed by atoms with Gasteiger partial charge in [0.15, 0.2) is 0 Å². The summed E-state index contributed by atoms with van der Waals surface area (Å²) in [6.45, 7) is 4.09. The molecule has 2 aromatic rings. The Balaban J connectivity index is 1.77. The predicted octanol–water partition coefficient (Wildman–Crippen LogP) is 5.71. The van der Waals surface area contributed by atoms with Gasteiger partial charge in [0.25, 0.3) is 0 Å². The van der Waals surface area contributed by atoms with Crippen molar-refractivity contribution in [2.75, 3.05) is 17.1 Å². The molecule has 1 unspecified atom stereocenters. The summed E-state index contributed by atoms with van der Waals surface area (Å²) in [6, 6.07) is 11.8. The number of carbonyl (C=O) groups excluding carboxylic acids is 2. The highest BCUT2D eigenvalue weighted by Crippen LogP contribution is 2.27. The molecule has 38 heavy (non-hydrogen) atoms. The van der Waals surface area contributed by atoms with Crippen LogP contribution in [0.2, 0.25) is 10.0 Å². The molecule has 7 nitrogen and oxygen atoms in total. The van der Waals surface area contributed by atoms with Crippen LogP contribution in [0.15, 0.2) is 42.5 Å². The number of amides is 2. The van der Waals surface area contributed by atoms with Crippen LogP contribution in [0.4, 0.5) is 5.69 Å². The predicted molar refractivity (Wildman–Crippen MR) is 154 cm³/mol. The summed E-state index contributed by atoms with van der Waals surface area (Å²) in [5.74, 6) is -0.348. The summed E-state index contributed by atoms with van der Waals surface area (Å²) in [6.07, 6.45) is 6.09. The molecule has 2 aromatic carbocycles. The van der Waals surface area contributed by atoms with Gasteiger partial charge in [0, 0.05) is 35.6 Å². The zero-order valence-corrected chi connectivity index (χ0v) is 24.6. The van der Waals surface area contributed by atoms with Gasteiger partial charge in [0.05, 0.1) is 11.9 Å². The molecule has 3 rings (SSSR count). The average Bonchev–Trinajstić information content (AvgIpc) is 3.36. The average molecular weight is 583 g/mol. The van der Waals surface area contributed by atoms with Crippen LogP contribution in [0.3, 0.4) is 0 Å². The Bertz CT molecular complexity index is 1220. The van der Waals surface area contributed by atoms with E-state index >= 15 is 0 Å². The molecule has 1 N–H and O–H groups in total. The van der Waals surface area contributed by atoms with Gasteiger partial charge >= 0.3 is 0 Å². The van der Waals surface area contributed by atoms with Crippen LogP contribution >= 0.6 is 23.2 Å². The molecule has 0 heterocycles. The minimum atomic E-state index is -3.60. The highest BCUT2D eigenvalue weighted by molar-refractivity contribution is 7.92. The monoisotopic (exact) mass is 581 g/mol. The van der Waals surface area contributed by atoms with Gasteiger partial charge in [-0.3, -0.25) is 13.9 Å². The van der Waals surface area contributed by atoms with E-state index in [1.165, 1.54) is 4.31 Å². The first-order chi connectivity index (χ1) is 18.0. The summed E-state index contributed by atoms with van der Waals surface area (Å²) in [5.41, 5.74) is 2.13. The second-order valence-corrected chi connectivity index (χ2v) is 12.7. The van der Waals surface area contributed by atoms with Gasteiger partial charge in [-0.2, -0.15) is 0 Å². The molecular weight excluding hydrogens is 545 g/mol. The number of nitrogens with one attached hydrogen (secondary N) is 1. The number of nitrogens with zero attached hydrogens (tertiary/aromatic N) is 2. The smallest absolute Gasteiger partial charge is 0.243 e. The van der Waals surface area contributed by atoms with Crippen molar-refractivity contribution < 1.29 is 18.0 Å². The van der Waals surface area contributed by atoms with E-state index in [0.717, 1.165) is 43.1 Å². The highest BCUT2D eigenvalue weighted by atomic mass is 35.5. The second-order valence-electron chi connectivity index (χ2n) is 9.93. The molecule has 1 aliphatic rings. The molecule has 0 radical (unpaired) electrons. The molecule has 10 heteroatoms. The van der Waals surface area contributed by atoms with Crippen LogP contribution in [0.25, 0.3) is 0 Å². The van der Waals surface area contributed by atoms with Gasteiger partial charge in [-0.05, 0) is 68.0 Å². The maximum atomic E-state index is 13.6. The number of sulfonamides is 1. The first kappa shape index (κ1) is 30.3. The molecule has 2 amide bonds. The van der Waals surface area contributed by atoms with Crippen LogP contribution in [0.5, 0.6) is 0 Å². The standard InChI is InChI=1S/C28H37Cl2N3O4S/c1-4-25(28(35)31-24-8-5-6-9-24)32(19-21-12-15-22(29)16-13-21)27(34)10-7-17-33(38(3,36)37)26-18-23(30)14-11-20(26)2/h11-16,18,24-25H,4-10,17,19H2,1-3H3,(H,31,35). The summed E-state index contributed by atoms with van der Waals surface area (Å²) in [5, 5.41) is 4.16. The molecule has 208 valence electrons. The number of halogens is 2. The van der Waals surface area contributed by atoms with E-state index in [-0.39, 0.29) is 43.8 Å². The Morgan fingerprint density at radius 3 is 2.29 bits per heavy atom. The summed E-state index contributed by atoms with van der Waals surface area (Å²) in [7, 11) is -3.60. The van der Waals surface area contributed by atoms with Crippen LogP contribution in [-0.4, -0.2) is 50.0 Å². The van der Waals surface area contributed by atoms with E-state index in [1.807, 2.05) is 26.0 Å². The lowest BCUT2D eigenvalue weighted by atomic mass is 10.1. The largest absolute Gasteiger partial charge is 0.352 e. The lowest BCUT2D eigenvalue weighted by Gasteiger charge is -2.32. The van der Waals surface area contributed by atoms with Crippen molar-refractivity contribution in [2.45, 2.75) is 77.4 Å². The lowest BCUT2D eigenvalue weighted by Crippen LogP contribution is -2.51. The SMILES string of the molecule is CCC(C(=O)NC1CCCC1)N(Cc1ccc(Cl)cc1)C(=O)CCCN(c1cc(Cl)ccc1C)S(C)(=O)=O. The molecule has 1 fully saturated rings. The highest BCUT2D eigenvalue weighted by Gasteiger charge is 2.31. The Morgan fingerprint density at radius 1 is 1.05 bits per heavy atom. The maximum Gasteiger partial charge on any atom is 0.243 e. The molecule has 0 spiro atoms. The van der Waals surface area contributed by atoms with Crippen molar-refractivity contribution in [1.82, 2.24) is 10.2 Å². The van der Waals surface area contributed by atoms with Gasteiger partial charge in [-0.25, -0.2) is 8.42 Å². The first-order valence-corrected chi connectivity index (χ1v) is 15.7. The van der Waals surface area contributed by atoms with Gasteiger partial charge in [0.1, 0.15) is 6.04 Å². The summed E-state index contributed by atoms with van der Waals surface area (Å²) >= 11 is 12.2. The lowest BCUT2D eigenvalue weighted by molar-refractivity contribution is -0.141. The first-order valence-electron chi connectivity index (χ1n) is 13.1. The summed E-state index contributed by atoms with van der Waals surface area (Å²) < 4.78 is 26.5. The third-order valence-electron chi connectivity index (χ3n) is 6.95. The van der Waals surface area contributed by atoms with E-state index < -0.39 is 16.1 Å². The number of hydrogen-bond donors (Lipinski definition) is 1. The summed E-state index contributed by atoms with van der Waals surface area (Å²) in [4.78, 5) is 28.5. The molecule has 1 saturated carbocycles. The van der Waals surface area contributed by atoms with Crippen molar-refractivity contribution in [3.05, 3.63) is 63.6 Å². The Hall–Kier alpha value is -2.29. The van der Waals surface area contributed by atoms with Crippen LogP contribution in [-0.2, 0) is 26.2 Å². The quantitative estimate of drug-likeness (QED) is 0.347. The molecule has 0 aliphatic heterocycles. The van der Waals surface area contributed by atoms with E-state index in [9.17, 15) is 18.0 Å². The molecule has 0 aromatic heterocycles. The number of aryl methyl sites for hydroxylation is 1. The molecule has 1 aliphatic carbocycles. The van der Waals surface area contributed by atoms with E-state index in [4.69, 9.17) is 23.2 Å². The van der Waals surface area contributed by atoms with Gasteiger partial charge in [0.2, 0.25) is 21.8 Å². The number of rotatable bonds is 12. The Morgan fingerprint density at radius 2 is 1.68 bits per heavy atom. The van der Waals surface area contributed by atoms with Gasteiger partial charge < -0.3 is 10.2 Å². The van der Waals surface area contributed by atoms with Crippen molar-refractivity contribution in [2.24, 2.45) is 0 Å². The topological polar surface area (TPSA) is 86.8 Å². The number of anilines is 1. The molecule has 0 bridgehead atoms. The zero-order chi connectivity index (χ0) is 27.9. The van der Waals surface area contributed by atoms with Crippen LogP contribution < -0.4 is 9.62 Å². The van der Waals surface area contributed by atoms with Crippen molar-refractivity contribution in [3.8, 4) is 0 Å². The number of carbonyl (C=O) groups is 2. The minimum absolute atomic E-state index is 0.0897. The third-order valence-corrected chi connectivity index (χ3v) is 8.61. The van der Waals surface area contributed by atoms with E-state index in [1.54, 1.807) is 35.2 Å². The number of hydrogen-bond acceptors (Lipinski definition) is 4. The third kappa shape index (κ3) is 8.35. The van der Waals surface area contributed by atoms with Crippen molar-refractivity contribution in [3.63, 3.8) is 0 Å². The van der Waals surface area contributed by atoms with Crippen molar-refractivity contribution in [1.29, 1.82) is 0 Å². The molecular formula is C28H37Cl2N3O4S. The fourth-order valence-corrected chi connectivity index (χ4v) is 6.21. The van der Waals surface area contributed by atoms with Crippen molar-refractivity contribution >= 4 is 50.7 Å². The van der Waals surface area contributed by atoms with Crippen LogP contribution in [0.1, 0.15) is 63.0 Å². The van der Waals surface area contributed by atoms with Gasteiger partial charge in [-0.15, -0.1) is 0 Å². The van der Waals surface area contributed by atoms with Gasteiger partial charge in [-0.1, -0.05) is 61.2 Å². The second kappa shape index (κ2) is 13.7. The normalized spacial score (nSPS) is 14.8. The van der Waals surface area contributed by atoms with E-state index in [2.05, 4.69) is 5.32 Å². The number of benzene rings is 2. The molecule has 0 saturated heterocycles. The van der Waals surface area contributed by atoms with Crippen LogP contribution in [0, 0.1) is 6.92 Å². The van der Waals surface area contributed by atoms with E-state index in [0.29, 0.717) is 22.2 Å².